The van der Waals surface area contributed by atoms with Crippen molar-refractivity contribution in [2.24, 2.45) is 0 Å². The van der Waals surface area contributed by atoms with Crippen LogP contribution in [-0.2, 0) is 11.2 Å². The smallest absolute Gasteiger partial charge is 0.229 e. The van der Waals surface area contributed by atoms with Crippen molar-refractivity contribution in [1.29, 1.82) is 0 Å². The minimum absolute atomic E-state index is 0.0690. The lowest BCUT2D eigenvalue weighted by Gasteiger charge is -2.10. The molecule has 0 spiro atoms. The first-order valence-corrected chi connectivity index (χ1v) is 6.33. The number of anilines is 2. The predicted octanol–water partition coefficient (Wildman–Crippen LogP) is 2.52. The summed E-state index contributed by atoms with van der Waals surface area (Å²) in [5, 5.41) is 4.76. The molecule has 4 nitrogen and oxygen atoms in total. The highest BCUT2D eigenvalue weighted by atomic mass is 32.1. The lowest BCUT2D eigenvalue weighted by atomic mass is 10.2. The number of hydrogen-bond acceptors (Lipinski definition) is 4. The van der Waals surface area contributed by atoms with E-state index in [1.165, 1.54) is 0 Å². The second-order valence-electron chi connectivity index (χ2n) is 3.76. The first-order chi connectivity index (χ1) is 8.69. The van der Waals surface area contributed by atoms with Gasteiger partial charge >= 0.3 is 0 Å². The van der Waals surface area contributed by atoms with Crippen molar-refractivity contribution >= 4 is 28.6 Å². The Morgan fingerprint density at radius 1 is 1.44 bits per heavy atom. The quantitative estimate of drug-likeness (QED) is 0.832. The molecule has 0 aliphatic rings. The van der Waals surface area contributed by atoms with Gasteiger partial charge in [0.15, 0.2) is 0 Å². The van der Waals surface area contributed by atoms with Crippen molar-refractivity contribution in [3.05, 3.63) is 40.6 Å². The Bertz CT molecular complexity index is 538. The second kappa shape index (κ2) is 5.55. The first-order valence-electron chi connectivity index (χ1n) is 5.45. The van der Waals surface area contributed by atoms with E-state index in [0.29, 0.717) is 23.5 Å². The van der Waals surface area contributed by atoms with E-state index in [-0.39, 0.29) is 5.91 Å². The average molecular weight is 262 g/mol. The number of rotatable bonds is 4. The zero-order chi connectivity index (χ0) is 13.0. The molecule has 1 aromatic heterocycles. The van der Waals surface area contributed by atoms with Gasteiger partial charge in [0, 0.05) is 16.6 Å². The standard InChI is InChI=1S/C13H14N2O2S/c1-17-12-7-9(14)4-5-11(12)15-13(16)8-10-3-2-6-18-10/h2-7H,8,14H2,1H3,(H,15,16). The summed E-state index contributed by atoms with van der Waals surface area (Å²) in [7, 11) is 1.55. The maximum atomic E-state index is 11.8. The summed E-state index contributed by atoms with van der Waals surface area (Å²) in [5.74, 6) is 0.495. The molecule has 0 bridgehead atoms. The van der Waals surface area contributed by atoms with Crippen molar-refractivity contribution in [3.63, 3.8) is 0 Å². The summed E-state index contributed by atoms with van der Waals surface area (Å²) in [6.07, 6.45) is 0.366. The third-order valence-electron chi connectivity index (χ3n) is 2.41. The van der Waals surface area contributed by atoms with Gasteiger partial charge in [0.25, 0.3) is 0 Å². The molecule has 1 heterocycles. The van der Waals surface area contributed by atoms with Crippen LogP contribution in [0.3, 0.4) is 0 Å². The van der Waals surface area contributed by atoms with Crippen LogP contribution >= 0.6 is 11.3 Å². The minimum atomic E-state index is -0.0690. The molecule has 18 heavy (non-hydrogen) atoms. The van der Waals surface area contributed by atoms with E-state index in [0.717, 1.165) is 4.88 Å². The normalized spacial score (nSPS) is 10.1. The average Bonchev–Trinajstić information content (AvgIpc) is 2.84. The van der Waals surface area contributed by atoms with Gasteiger partial charge in [0.05, 0.1) is 19.2 Å². The van der Waals surface area contributed by atoms with Crippen molar-refractivity contribution in [2.45, 2.75) is 6.42 Å². The van der Waals surface area contributed by atoms with E-state index in [2.05, 4.69) is 5.32 Å². The van der Waals surface area contributed by atoms with Gasteiger partial charge in [-0.1, -0.05) is 6.07 Å². The molecule has 1 amide bonds. The van der Waals surface area contributed by atoms with Gasteiger partial charge in [-0.15, -0.1) is 11.3 Å². The highest BCUT2D eigenvalue weighted by Gasteiger charge is 2.09. The fourth-order valence-corrected chi connectivity index (χ4v) is 2.28. The second-order valence-corrected chi connectivity index (χ2v) is 4.80. The Morgan fingerprint density at radius 3 is 2.94 bits per heavy atom. The van der Waals surface area contributed by atoms with E-state index in [1.807, 2.05) is 17.5 Å². The summed E-state index contributed by atoms with van der Waals surface area (Å²) in [4.78, 5) is 12.9. The van der Waals surface area contributed by atoms with Gasteiger partial charge < -0.3 is 15.8 Å². The zero-order valence-electron chi connectivity index (χ0n) is 9.97. The fraction of sp³-hybridized carbons (Fsp3) is 0.154. The number of amides is 1. The maximum absolute atomic E-state index is 11.8. The molecule has 0 fully saturated rings. The monoisotopic (exact) mass is 262 g/mol. The molecule has 0 aliphatic carbocycles. The number of nitrogens with one attached hydrogen (secondary N) is 1. The molecule has 0 atom stereocenters. The van der Waals surface area contributed by atoms with Gasteiger partial charge in [0.2, 0.25) is 5.91 Å². The van der Waals surface area contributed by atoms with Crippen LogP contribution in [0.2, 0.25) is 0 Å². The Kier molecular flexibility index (Phi) is 3.84. The van der Waals surface area contributed by atoms with Crippen molar-refractivity contribution in [3.8, 4) is 5.75 Å². The lowest BCUT2D eigenvalue weighted by Crippen LogP contribution is -2.14. The lowest BCUT2D eigenvalue weighted by molar-refractivity contribution is -0.115. The largest absolute Gasteiger partial charge is 0.494 e. The van der Waals surface area contributed by atoms with Crippen LogP contribution in [0.15, 0.2) is 35.7 Å². The Hall–Kier alpha value is -2.01. The number of methoxy groups -OCH3 is 1. The molecule has 2 rings (SSSR count). The van der Waals surface area contributed by atoms with Crippen LogP contribution in [0.25, 0.3) is 0 Å². The molecule has 0 unspecified atom stereocenters. The summed E-state index contributed by atoms with van der Waals surface area (Å²) < 4.78 is 5.17. The Morgan fingerprint density at radius 2 is 2.28 bits per heavy atom. The number of ether oxygens (including phenoxy) is 1. The molecule has 5 heteroatoms. The van der Waals surface area contributed by atoms with Crippen molar-refractivity contribution in [2.75, 3.05) is 18.2 Å². The van der Waals surface area contributed by atoms with Crippen molar-refractivity contribution < 1.29 is 9.53 Å². The van der Waals surface area contributed by atoms with E-state index in [9.17, 15) is 4.79 Å². The SMILES string of the molecule is COc1cc(N)ccc1NC(=O)Cc1cccs1. The van der Waals surface area contributed by atoms with Crippen LogP contribution in [0.5, 0.6) is 5.75 Å². The molecule has 0 saturated heterocycles. The number of hydrogen-bond donors (Lipinski definition) is 2. The molecule has 0 radical (unpaired) electrons. The Balaban J connectivity index is 2.07. The number of nitrogens with two attached hydrogens (primary N) is 1. The maximum Gasteiger partial charge on any atom is 0.229 e. The molecule has 1 aromatic carbocycles. The fourth-order valence-electron chi connectivity index (χ4n) is 1.58. The van der Waals surface area contributed by atoms with E-state index < -0.39 is 0 Å². The number of nitrogen functional groups attached to an aromatic ring is 1. The number of carbonyl (C=O) groups excluding carboxylic acids is 1. The van der Waals surface area contributed by atoms with Crippen LogP contribution in [0.4, 0.5) is 11.4 Å². The molecule has 94 valence electrons. The number of carbonyl (C=O) groups is 1. The summed E-state index contributed by atoms with van der Waals surface area (Å²) in [5.41, 5.74) is 6.89. The third kappa shape index (κ3) is 3.01. The highest BCUT2D eigenvalue weighted by molar-refractivity contribution is 7.10. The Labute approximate surface area is 109 Å². The third-order valence-corrected chi connectivity index (χ3v) is 3.29. The van der Waals surface area contributed by atoms with Crippen LogP contribution in [0.1, 0.15) is 4.88 Å². The molecular formula is C13H14N2O2S. The van der Waals surface area contributed by atoms with Crippen LogP contribution < -0.4 is 15.8 Å². The number of thiophene rings is 1. The van der Waals surface area contributed by atoms with E-state index >= 15 is 0 Å². The van der Waals surface area contributed by atoms with Gasteiger partial charge in [0.1, 0.15) is 5.75 Å². The summed E-state index contributed by atoms with van der Waals surface area (Å²) in [6, 6.07) is 9.01. The topological polar surface area (TPSA) is 64.3 Å². The van der Waals surface area contributed by atoms with Gasteiger partial charge in [-0.05, 0) is 23.6 Å². The van der Waals surface area contributed by atoms with Gasteiger partial charge in [-0.2, -0.15) is 0 Å². The number of benzene rings is 1. The summed E-state index contributed by atoms with van der Waals surface area (Å²) >= 11 is 1.56. The zero-order valence-corrected chi connectivity index (χ0v) is 10.8. The van der Waals surface area contributed by atoms with Gasteiger partial charge in [-0.25, -0.2) is 0 Å². The predicted molar refractivity (Wildman–Crippen MR) is 74.1 cm³/mol. The minimum Gasteiger partial charge on any atom is -0.494 e. The molecular weight excluding hydrogens is 248 g/mol. The molecule has 0 saturated carbocycles. The van der Waals surface area contributed by atoms with Crippen molar-refractivity contribution in [1.82, 2.24) is 0 Å². The van der Waals surface area contributed by atoms with E-state index in [4.69, 9.17) is 10.5 Å². The molecule has 0 aliphatic heterocycles. The van der Waals surface area contributed by atoms with Crippen LogP contribution in [-0.4, -0.2) is 13.0 Å². The van der Waals surface area contributed by atoms with Gasteiger partial charge in [-0.3, -0.25) is 4.79 Å². The first kappa shape index (κ1) is 12.4. The molecule has 3 N–H and O–H groups in total. The highest BCUT2D eigenvalue weighted by Crippen LogP contribution is 2.26. The summed E-state index contributed by atoms with van der Waals surface area (Å²) in [6.45, 7) is 0. The van der Waals surface area contributed by atoms with Crippen LogP contribution in [0, 0.1) is 0 Å². The van der Waals surface area contributed by atoms with E-state index in [1.54, 1.807) is 36.6 Å². The molecule has 2 aromatic rings.